The van der Waals surface area contributed by atoms with E-state index in [0.717, 1.165) is 17.5 Å². The van der Waals surface area contributed by atoms with E-state index in [4.69, 9.17) is 10.1 Å². The third-order valence-electron chi connectivity index (χ3n) is 5.76. The minimum atomic E-state index is -1.25. The van der Waals surface area contributed by atoms with Crippen LogP contribution in [0.5, 0.6) is 0 Å². The Morgan fingerprint density at radius 1 is 1.14 bits per heavy atom. The van der Waals surface area contributed by atoms with Crippen molar-refractivity contribution in [3.63, 3.8) is 0 Å². The third kappa shape index (κ3) is 7.87. The van der Waals surface area contributed by atoms with Crippen LogP contribution < -0.4 is 20.3 Å². The first kappa shape index (κ1) is 32.1. The van der Waals surface area contributed by atoms with Crippen LogP contribution in [0.4, 0.5) is 10.8 Å². The number of benzodiazepines with no additional fused rings is 1. The monoisotopic (exact) mass is 610 g/mol. The number of hydrogen-bond acceptors (Lipinski definition) is 10. The normalized spacial score (nSPS) is 14.9. The van der Waals surface area contributed by atoms with Crippen LogP contribution in [0.15, 0.2) is 63.8 Å². The number of aryl methyl sites for hydroxylation is 1. The Labute approximate surface area is 250 Å². The van der Waals surface area contributed by atoms with Gasteiger partial charge < -0.3 is 20.5 Å². The molecule has 0 bridgehead atoms. The molecule has 0 saturated carbocycles. The third-order valence-corrected chi connectivity index (χ3v) is 7.95. The number of fused-ring (bicyclic) bond motifs is 1. The second-order valence-corrected chi connectivity index (χ2v) is 11.0. The Morgan fingerprint density at radius 3 is 2.50 bits per heavy atom. The van der Waals surface area contributed by atoms with E-state index < -0.39 is 43.0 Å². The molecule has 12 nitrogen and oxygen atoms in total. The van der Waals surface area contributed by atoms with Gasteiger partial charge in [0.25, 0.3) is 5.91 Å². The number of carbonyl (C=O) groups excluding carboxylic acids is 4. The molecule has 0 radical (unpaired) electrons. The first-order valence-corrected chi connectivity index (χ1v) is 14.0. The Kier molecular flexibility index (Phi) is 11.1. The molecule has 0 aliphatic carbocycles. The number of nitrogens with one attached hydrogen (secondary N) is 3. The second-order valence-electron chi connectivity index (χ2n) is 8.89. The number of aliphatic imine (C=N–C) groups is 1. The minimum Gasteiger partial charge on any atom is -0.481 e. The van der Waals surface area contributed by atoms with Gasteiger partial charge in [-0.05, 0) is 24.9 Å². The van der Waals surface area contributed by atoms with Gasteiger partial charge in [-0.25, -0.2) is 9.71 Å². The number of nitrogens with zero attached hydrogens (tertiary/aromatic N) is 3. The van der Waals surface area contributed by atoms with Gasteiger partial charge >= 0.3 is 5.97 Å². The van der Waals surface area contributed by atoms with Crippen molar-refractivity contribution >= 4 is 69.8 Å². The van der Waals surface area contributed by atoms with Crippen LogP contribution in [-0.4, -0.2) is 64.5 Å². The Morgan fingerprint density at radius 2 is 1.83 bits per heavy atom. The second kappa shape index (κ2) is 14.5. The van der Waals surface area contributed by atoms with Gasteiger partial charge in [0.1, 0.15) is 17.0 Å². The highest BCUT2D eigenvalue weighted by Gasteiger charge is 2.34. The number of aldehydes is 1. The number of rotatable bonds is 11. The zero-order chi connectivity index (χ0) is 29.5. The van der Waals surface area contributed by atoms with E-state index in [0.29, 0.717) is 38.3 Å². The SMILES string of the molecule is C.CC(=O)Nc1nc(C)c(SNC2N=C(c3ccccc3)c3ccccc3N(CC(=O)NC(C=O)CC(=O)O)C2=O)s1. The summed E-state index contributed by atoms with van der Waals surface area (Å²) in [6.07, 6.45) is -1.40. The molecule has 2 heterocycles. The molecule has 2 unspecified atom stereocenters. The maximum absolute atomic E-state index is 13.9. The average molecular weight is 611 g/mol. The molecule has 3 aromatic rings. The lowest BCUT2D eigenvalue weighted by molar-refractivity contribution is -0.139. The number of carboxylic acids is 1. The molecule has 2 aromatic carbocycles. The standard InChI is InChI=1S/C27H26N6O6S2.CH4/c1-15-26(40-27(28-15)29-16(2)35)41-32-24-25(39)33(13-21(36)30-18(14-34)12-22(37)38)20-11-7-6-10-19(20)23(31-24)17-8-4-3-5-9-17;/h3-11,14,18,24,32H,12-13H2,1-2H3,(H,30,36)(H,37,38)(H,28,29,35);1H4. The zero-order valence-electron chi connectivity index (χ0n) is 22.0. The van der Waals surface area contributed by atoms with E-state index in [1.165, 1.54) is 23.2 Å². The van der Waals surface area contributed by atoms with Gasteiger partial charge in [0.05, 0.1) is 29.6 Å². The fourth-order valence-corrected chi connectivity index (χ4v) is 5.86. The summed E-state index contributed by atoms with van der Waals surface area (Å²) in [6.45, 7) is 2.67. The Hall–Kier alpha value is -4.40. The van der Waals surface area contributed by atoms with Crippen LogP contribution in [-0.2, 0) is 24.0 Å². The van der Waals surface area contributed by atoms with E-state index in [-0.39, 0.29) is 13.3 Å². The number of para-hydroxylation sites is 1. The first-order chi connectivity index (χ1) is 19.7. The number of carboxylic acid groups (broad SMARTS) is 1. The highest BCUT2D eigenvalue weighted by Crippen LogP contribution is 2.33. The van der Waals surface area contributed by atoms with Crippen molar-refractivity contribution in [2.45, 2.75) is 44.1 Å². The average Bonchev–Trinajstić information content (AvgIpc) is 3.23. The number of amides is 3. The number of thiazole rings is 1. The van der Waals surface area contributed by atoms with Crippen LogP contribution in [0.1, 0.15) is 37.6 Å². The fourth-order valence-electron chi connectivity index (χ4n) is 4.00. The predicted octanol–water partition coefficient (Wildman–Crippen LogP) is 3.01. The quantitative estimate of drug-likeness (QED) is 0.188. The van der Waals surface area contributed by atoms with Crippen LogP contribution in [0, 0.1) is 6.92 Å². The van der Waals surface area contributed by atoms with Gasteiger partial charge in [0, 0.05) is 18.1 Å². The molecule has 4 N–H and O–H groups in total. The van der Waals surface area contributed by atoms with E-state index in [9.17, 15) is 24.0 Å². The van der Waals surface area contributed by atoms with Gasteiger partial charge in [0.15, 0.2) is 11.3 Å². The number of anilines is 2. The molecule has 0 spiro atoms. The van der Waals surface area contributed by atoms with E-state index in [1.807, 2.05) is 30.3 Å². The van der Waals surface area contributed by atoms with Crippen molar-refractivity contribution < 1.29 is 29.1 Å². The molecular weight excluding hydrogens is 580 g/mol. The van der Waals surface area contributed by atoms with Gasteiger partial charge in [-0.15, -0.1) is 0 Å². The Bertz CT molecular complexity index is 1510. The topological polar surface area (TPSA) is 170 Å². The van der Waals surface area contributed by atoms with Crippen molar-refractivity contribution in [1.82, 2.24) is 15.0 Å². The summed E-state index contributed by atoms with van der Waals surface area (Å²) in [4.78, 5) is 71.1. The molecule has 0 fully saturated rings. The van der Waals surface area contributed by atoms with Gasteiger partial charge in [-0.3, -0.25) is 29.1 Å². The van der Waals surface area contributed by atoms with Crippen molar-refractivity contribution in [1.29, 1.82) is 0 Å². The van der Waals surface area contributed by atoms with E-state index in [2.05, 4.69) is 20.3 Å². The number of aromatic nitrogens is 1. The molecule has 1 aromatic heterocycles. The molecule has 4 rings (SSSR count). The number of hydrogen-bond donors (Lipinski definition) is 4. The molecule has 1 aliphatic rings. The van der Waals surface area contributed by atoms with Crippen LogP contribution in [0.3, 0.4) is 0 Å². The number of carbonyl (C=O) groups is 5. The molecule has 220 valence electrons. The molecular formula is C28H30N6O6S2. The summed E-state index contributed by atoms with van der Waals surface area (Å²) in [5.41, 5.74) is 2.94. The molecule has 0 saturated heterocycles. The summed E-state index contributed by atoms with van der Waals surface area (Å²) < 4.78 is 3.78. The number of aliphatic carboxylic acids is 1. The van der Waals surface area contributed by atoms with Crippen molar-refractivity contribution in [2.24, 2.45) is 4.99 Å². The van der Waals surface area contributed by atoms with Crippen molar-refractivity contribution in [3.8, 4) is 0 Å². The Balaban J connectivity index is 0.00000484. The lowest BCUT2D eigenvalue weighted by Gasteiger charge is -2.25. The van der Waals surface area contributed by atoms with Gasteiger partial charge in [-0.2, -0.15) is 0 Å². The lowest BCUT2D eigenvalue weighted by Crippen LogP contribution is -2.49. The lowest BCUT2D eigenvalue weighted by atomic mass is 10.0. The molecule has 14 heteroatoms. The molecule has 42 heavy (non-hydrogen) atoms. The summed E-state index contributed by atoms with van der Waals surface area (Å²) in [5.74, 6) is -2.76. The largest absolute Gasteiger partial charge is 0.481 e. The minimum absolute atomic E-state index is 0. The molecule has 3 amide bonds. The zero-order valence-corrected chi connectivity index (χ0v) is 23.6. The highest BCUT2D eigenvalue weighted by atomic mass is 32.2. The van der Waals surface area contributed by atoms with Gasteiger partial charge in [-0.1, -0.05) is 67.3 Å². The van der Waals surface area contributed by atoms with Crippen LogP contribution in [0.2, 0.25) is 0 Å². The van der Waals surface area contributed by atoms with E-state index >= 15 is 0 Å². The summed E-state index contributed by atoms with van der Waals surface area (Å²) in [5, 5.41) is 14.5. The smallest absolute Gasteiger partial charge is 0.305 e. The maximum atomic E-state index is 13.9. The highest BCUT2D eigenvalue weighted by molar-refractivity contribution is 7.99. The summed E-state index contributed by atoms with van der Waals surface area (Å²) in [7, 11) is 0. The first-order valence-electron chi connectivity index (χ1n) is 12.3. The van der Waals surface area contributed by atoms with Gasteiger partial charge in [0.2, 0.25) is 11.8 Å². The molecule has 1 aliphatic heterocycles. The van der Waals surface area contributed by atoms with Crippen LogP contribution in [0.25, 0.3) is 0 Å². The van der Waals surface area contributed by atoms with Crippen molar-refractivity contribution in [3.05, 3.63) is 71.4 Å². The summed E-state index contributed by atoms with van der Waals surface area (Å²) >= 11 is 2.35. The van der Waals surface area contributed by atoms with Crippen LogP contribution >= 0.6 is 23.3 Å². The summed E-state index contributed by atoms with van der Waals surface area (Å²) in [6, 6.07) is 15.0. The fraction of sp³-hybridized carbons (Fsp3) is 0.250. The van der Waals surface area contributed by atoms with E-state index in [1.54, 1.807) is 31.2 Å². The number of benzene rings is 2. The maximum Gasteiger partial charge on any atom is 0.305 e. The van der Waals surface area contributed by atoms with Crippen molar-refractivity contribution in [2.75, 3.05) is 16.8 Å². The predicted molar refractivity (Wildman–Crippen MR) is 162 cm³/mol. The molecule has 2 atom stereocenters.